The van der Waals surface area contributed by atoms with E-state index in [0.29, 0.717) is 16.6 Å². The lowest BCUT2D eigenvalue weighted by Crippen LogP contribution is -1.93. The van der Waals surface area contributed by atoms with Crippen LogP contribution in [-0.2, 0) is 0 Å². The maximum atomic E-state index is 5.84. The fraction of sp³-hybridized carbons (Fsp3) is 0.0909. The Balaban J connectivity index is 2.54. The second-order valence-electron chi connectivity index (χ2n) is 3.03. The van der Waals surface area contributed by atoms with Crippen molar-refractivity contribution in [2.45, 2.75) is 0 Å². The summed E-state index contributed by atoms with van der Waals surface area (Å²) in [6.45, 7) is 0. The highest BCUT2D eigenvalue weighted by atomic mass is 35.5. The molecule has 2 rings (SSSR count). The van der Waals surface area contributed by atoms with Crippen molar-refractivity contribution in [3.63, 3.8) is 0 Å². The number of nitrogens with zero attached hydrogens (tertiary/aromatic N) is 2. The average molecular weight is 255 g/mol. The van der Waals surface area contributed by atoms with Crippen molar-refractivity contribution in [2.24, 2.45) is 0 Å². The van der Waals surface area contributed by atoms with Gasteiger partial charge in [-0.15, -0.1) is 0 Å². The minimum atomic E-state index is 0.234. The Hall–Kier alpha value is -1.32. The molecule has 0 fully saturated rings. The molecule has 1 aromatic carbocycles. The monoisotopic (exact) mass is 254 g/mol. The Morgan fingerprint density at radius 1 is 1.19 bits per heavy atom. The molecule has 0 unspecified atom stereocenters. The van der Waals surface area contributed by atoms with Crippen molar-refractivity contribution < 1.29 is 4.74 Å². The summed E-state index contributed by atoms with van der Waals surface area (Å²) in [7, 11) is 1.59. The molecular weight excluding hydrogens is 247 g/mol. The van der Waals surface area contributed by atoms with Crippen LogP contribution >= 0.6 is 23.2 Å². The summed E-state index contributed by atoms with van der Waals surface area (Å²) in [5.41, 5.74) is 0.781. The van der Waals surface area contributed by atoms with E-state index < -0.39 is 0 Å². The summed E-state index contributed by atoms with van der Waals surface area (Å²) in [5, 5.41) is 0.567. The molecule has 0 radical (unpaired) electrons. The summed E-state index contributed by atoms with van der Waals surface area (Å²) in [4.78, 5) is 8.20. The lowest BCUT2D eigenvalue weighted by Gasteiger charge is -2.06. The Morgan fingerprint density at radius 3 is 2.62 bits per heavy atom. The lowest BCUT2D eigenvalue weighted by molar-refractivity contribution is 0.416. The van der Waals surface area contributed by atoms with Gasteiger partial charge in [0, 0.05) is 0 Å². The zero-order valence-corrected chi connectivity index (χ0v) is 9.96. The molecule has 0 aliphatic heterocycles. The first kappa shape index (κ1) is 11.2. The van der Waals surface area contributed by atoms with E-state index in [1.807, 2.05) is 24.3 Å². The van der Waals surface area contributed by atoms with Gasteiger partial charge < -0.3 is 4.74 Å². The van der Waals surface area contributed by atoms with Crippen molar-refractivity contribution in [3.05, 3.63) is 40.6 Å². The Kier molecular flexibility index (Phi) is 3.27. The van der Waals surface area contributed by atoms with Gasteiger partial charge in [-0.05, 0) is 12.1 Å². The van der Waals surface area contributed by atoms with Gasteiger partial charge in [-0.3, -0.25) is 0 Å². The normalized spacial score (nSPS) is 10.2. The van der Waals surface area contributed by atoms with Crippen LogP contribution < -0.4 is 4.74 Å². The highest BCUT2D eigenvalue weighted by Crippen LogP contribution is 2.28. The van der Waals surface area contributed by atoms with Crippen molar-refractivity contribution >= 4 is 23.2 Å². The molecule has 0 aliphatic carbocycles. The van der Waals surface area contributed by atoms with Crippen LogP contribution in [0.15, 0.2) is 30.5 Å². The van der Waals surface area contributed by atoms with Gasteiger partial charge >= 0.3 is 0 Å². The Bertz CT molecular complexity index is 517. The summed E-state index contributed by atoms with van der Waals surface area (Å²) >= 11 is 11.6. The predicted molar refractivity (Wildman–Crippen MR) is 64.0 cm³/mol. The molecule has 0 saturated carbocycles. The first-order chi connectivity index (χ1) is 7.72. The smallest absolute Gasteiger partial charge is 0.164 e. The summed E-state index contributed by atoms with van der Waals surface area (Å²) in [5.74, 6) is 1.19. The molecule has 5 heteroatoms. The van der Waals surface area contributed by atoms with Gasteiger partial charge in [-0.2, -0.15) is 0 Å². The van der Waals surface area contributed by atoms with Crippen molar-refractivity contribution in [1.82, 2.24) is 9.97 Å². The van der Waals surface area contributed by atoms with Gasteiger partial charge in [0.1, 0.15) is 5.75 Å². The lowest BCUT2D eigenvalue weighted by atomic mass is 10.2. The van der Waals surface area contributed by atoms with Gasteiger partial charge in [-0.1, -0.05) is 35.3 Å². The van der Waals surface area contributed by atoms with Crippen molar-refractivity contribution in [3.8, 4) is 17.1 Å². The predicted octanol–water partition coefficient (Wildman–Crippen LogP) is 3.46. The van der Waals surface area contributed by atoms with Crippen LogP contribution in [0, 0.1) is 0 Å². The van der Waals surface area contributed by atoms with Crippen LogP contribution in [0.2, 0.25) is 10.2 Å². The molecule has 0 aliphatic rings. The first-order valence-corrected chi connectivity index (χ1v) is 5.29. The molecule has 16 heavy (non-hydrogen) atoms. The zero-order valence-electron chi connectivity index (χ0n) is 8.45. The van der Waals surface area contributed by atoms with Gasteiger partial charge in [-0.25, -0.2) is 9.97 Å². The molecule has 0 atom stereocenters. The average Bonchev–Trinajstić information content (AvgIpc) is 2.32. The Labute approximate surface area is 103 Å². The molecular formula is C11H8Cl2N2O. The van der Waals surface area contributed by atoms with E-state index in [2.05, 4.69) is 9.97 Å². The fourth-order valence-corrected chi connectivity index (χ4v) is 1.53. The van der Waals surface area contributed by atoms with E-state index in [-0.39, 0.29) is 5.15 Å². The number of aromatic nitrogens is 2. The molecule has 1 heterocycles. The van der Waals surface area contributed by atoms with Crippen molar-refractivity contribution in [1.29, 1.82) is 0 Å². The van der Waals surface area contributed by atoms with Crippen LogP contribution in [0.25, 0.3) is 11.4 Å². The highest BCUT2D eigenvalue weighted by Gasteiger charge is 2.09. The number of ether oxygens (including phenoxy) is 1. The van der Waals surface area contributed by atoms with Gasteiger partial charge in [0.05, 0.1) is 23.9 Å². The third kappa shape index (κ3) is 2.10. The number of halogens is 2. The molecule has 3 nitrogen and oxygen atoms in total. The standard InChI is InChI=1S/C11H8Cl2N2O/c1-16-9-5-3-2-4-7(9)11-14-6-8(12)10(13)15-11/h2-6H,1H3. The highest BCUT2D eigenvalue weighted by molar-refractivity contribution is 6.41. The number of para-hydroxylation sites is 1. The molecule has 82 valence electrons. The third-order valence-electron chi connectivity index (χ3n) is 2.05. The molecule has 0 amide bonds. The minimum absolute atomic E-state index is 0.234. The summed E-state index contributed by atoms with van der Waals surface area (Å²) < 4.78 is 5.21. The molecule has 2 aromatic rings. The zero-order chi connectivity index (χ0) is 11.5. The molecule has 0 spiro atoms. The fourth-order valence-electron chi connectivity index (χ4n) is 1.31. The van der Waals surface area contributed by atoms with E-state index in [9.17, 15) is 0 Å². The number of methoxy groups -OCH3 is 1. The van der Waals surface area contributed by atoms with Crippen LogP contribution in [0.3, 0.4) is 0 Å². The second-order valence-corrected chi connectivity index (χ2v) is 3.80. The SMILES string of the molecule is COc1ccccc1-c1ncc(Cl)c(Cl)n1. The van der Waals surface area contributed by atoms with Crippen LogP contribution in [0.4, 0.5) is 0 Å². The van der Waals surface area contributed by atoms with Crippen molar-refractivity contribution in [2.75, 3.05) is 7.11 Å². The maximum Gasteiger partial charge on any atom is 0.164 e. The van der Waals surface area contributed by atoms with Gasteiger partial charge in [0.15, 0.2) is 11.0 Å². The van der Waals surface area contributed by atoms with Gasteiger partial charge in [0.2, 0.25) is 0 Å². The third-order valence-corrected chi connectivity index (χ3v) is 2.71. The minimum Gasteiger partial charge on any atom is -0.496 e. The quantitative estimate of drug-likeness (QED) is 0.771. The first-order valence-electron chi connectivity index (χ1n) is 4.54. The van der Waals surface area contributed by atoms with E-state index in [1.165, 1.54) is 6.20 Å². The van der Waals surface area contributed by atoms with E-state index in [4.69, 9.17) is 27.9 Å². The molecule has 0 bridgehead atoms. The Morgan fingerprint density at radius 2 is 1.94 bits per heavy atom. The second kappa shape index (κ2) is 4.68. The number of benzene rings is 1. The van der Waals surface area contributed by atoms with Crippen LogP contribution in [0.5, 0.6) is 5.75 Å². The van der Waals surface area contributed by atoms with E-state index in [0.717, 1.165) is 5.56 Å². The van der Waals surface area contributed by atoms with Gasteiger partial charge in [0.25, 0.3) is 0 Å². The number of hydrogen-bond donors (Lipinski definition) is 0. The molecule has 0 saturated heterocycles. The van der Waals surface area contributed by atoms with E-state index >= 15 is 0 Å². The maximum absolute atomic E-state index is 5.84. The van der Waals surface area contributed by atoms with E-state index in [1.54, 1.807) is 7.11 Å². The van der Waals surface area contributed by atoms with Crippen LogP contribution in [0.1, 0.15) is 0 Å². The largest absolute Gasteiger partial charge is 0.496 e. The summed E-state index contributed by atoms with van der Waals surface area (Å²) in [6.07, 6.45) is 1.47. The number of rotatable bonds is 2. The number of hydrogen-bond acceptors (Lipinski definition) is 3. The summed E-state index contributed by atoms with van der Waals surface area (Å²) in [6, 6.07) is 7.45. The topological polar surface area (TPSA) is 35.0 Å². The van der Waals surface area contributed by atoms with Crippen LogP contribution in [-0.4, -0.2) is 17.1 Å². The molecule has 1 aromatic heterocycles. The molecule has 0 N–H and O–H groups in total.